The lowest BCUT2D eigenvalue weighted by molar-refractivity contribution is -0.135. The highest BCUT2D eigenvalue weighted by Crippen LogP contribution is 2.29. The van der Waals surface area contributed by atoms with Gasteiger partial charge in [-0.2, -0.15) is 8.42 Å². The Morgan fingerprint density at radius 3 is 2.60 bits per heavy atom. The molecule has 1 aliphatic heterocycles. The van der Waals surface area contributed by atoms with Gasteiger partial charge in [-0.05, 0) is 24.6 Å². The van der Waals surface area contributed by atoms with Crippen molar-refractivity contribution in [3.05, 3.63) is 39.2 Å². The van der Waals surface area contributed by atoms with E-state index in [0.717, 1.165) is 10.6 Å². The van der Waals surface area contributed by atoms with Gasteiger partial charge in [0.15, 0.2) is 0 Å². The van der Waals surface area contributed by atoms with Crippen molar-refractivity contribution in [1.29, 1.82) is 0 Å². The number of piperidine rings is 1. The second-order valence-corrected chi connectivity index (χ2v) is 7.15. The molecule has 1 aliphatic rings. The first-order valence-electron chi connectivity index (χ1n) is 6.98. The zero-order valence-electron chi connectivity index (χ0n) is 12.4. The first kappa shape index (κ1) is 17.5. The summed E-state index contributed by atoms with van der Waals surface area (Å²) in [5.74, 6) is -1.41. The van der Waals surface area contributed by atoms with Crippen molar-refractivity contribution in [1.82, 2.24) is 9.88 Å². The summed E-state index contributed by atoms with van der Waals surface area (Å²) in [6.45, 7) is 0. The number of nitrogens with zero attached hydrogens (tertiary/aromatic N) is 1. The number of benzene rings is 1. The number of hydrogen-bond acceptors (Lipinski definition) is 6. The van der Waals surface area contributed by atoms with Gasteiger partial charge in [0.25, 0.3) is 5.56 Å². The van der Waals surface area contributed by atoms with Crippen LogP contribution in [0.25, 0.3) is 10.8 Å². The van der Waals surface area contributed by atoms with E-state index < -0.39 is 33.9 Å². The number of aromatic nitrogens is 1. The van der Waals surface area contributed by atoms with Crippen LogP contribution in [0, 0.1) is 0 Å². The molecule has 11 heteroatoms. The maximum atomic E-state index is 12.7. The van der Waals surface area contributed by atoms with Gasteiger partial charge in [-0.25, -0.2) is 0 Å². The third-order valence-electron chi connectivity index (χ3n) is 3.71. The molecule has 1 aromatic carbocycles. The monoisotopic (exact) mass is 432 g/mol. The molecule has 2 amide bonds. The summed E-state index contributed by atoms with van der Waals surface area (Å²) in [6.07, 6.45) is 1.65. The van der Waals surface area contributed by atoms with E-state index in [1.54, 1.807) is 0 Å². The van der Waals surface area contributed by atoms with Crippen LogP contribution in [0.5, 0.6) is 5.75 Å². The maximum absolute atomic E-state index is 12.7. The molecule has 1 unspecified atom stereocenters. The van der Waals surface area contributed by atoms with Crippen molar-refractivity contribution in [2.75, 3.05) is 0 Å². The Bertz CT molecular complexity index is 1060. The van der Waals surface area contributed by atoms with E-state index in [4.69, 9.17) is 0 Å². The lowest BCUT2D eigenvalue weighted by Crippen LogP contribution is -2.44. The summed E-state index contributed by atoms with van der Waals surface area (Å²) in [6, 6.07) is 2.94. The molecule has 25 heavy (non-hydrogen) atoms. The summed E-state index contributed by atoms with van der Waals surface area (Å²) in [5.41, 5.74) is -0.602. The van der Waals surface area contributed by atoms with Crippen LogP contribution in [0.4, 0.5) is 3.89 Å². The largest absolute Gasteiger partial charge is 0.488 e. The fraction of sp³-hybridized carbons (Fsp3) is 0.214. The van der Waals surface area contributed by atoms with Crippen LogP contribution in [0.1, 0.15) is 18.9 Å². The third kappa shape index (κ3) is 3.56. The average molecular weight is 433 g/mol. The Balaban J connectivity index is 2.14. The number of hydrogen-bond donors (Lipinski definition) is 1. The normalized spacial score (nSPS) is 18.2. The maximum Gasteiger partial charge on any atom is 0.488 e. The molecule has 1 aromatic heterocycles. The van der Waals surface area contributed by atoms with Crippen LogP contribution < -0.4 is 15.1 Å². The minimum atomic E-state index is -5.25. The van der Waals surface area contributed by atoms with Crippen molar-refractivity contribution in [3.8, 4) is 5.75 Å². The van der Waals surface area contributed by atoms with Crippen LogP contribution in [0.15, 0.2) is 33.7 Å². The molecule has 0 aliphatic carbocycles. The molecule has 0 radical (unpaired) electrons. The lowest BCUT2D eigenvalue weighted by Gasteiger charge is -2.23. The van der Waals surface area contributed by atoms with Crippen LogP contribution in [-0.2, 0) is 20.1 Å². The van der Waals surface area contributed by atoms with Crippen molar-refractivity contribution in [3.63, 3.8) is 0 Å². The zero-order chi connectivity index (χ0) is 18.4. The van der Waals surface area contributed by atoms with E-state index in [2.05, 4.69) is 25.4 Å². The van der Waals surface area contributed by atoms with Crippen molar-refractivity contribution >= 4 is 49.0 Å². The smallest absolute Gasteiger partial charge is 0.358 e. The first-order valence-corrected chi connectivity index (χ1v) is 9.08. The number of imide groups is 1. The van der Waals surface area contributed by atoms with Gasteiger partial charge in [0.2, 0.25) is 11.8 Å². The van der Waals surface area contributed by atoms with E-state index in [1.807, 2.05) is 0 Å². The SMILES string of the molecule is O=C1CCC(n2ccc3c(Br)cc(OS(=O)(=O)F)cc3c2=O)C(=O)N1. The first-order chi connectivity index (χ1) is 11.7. The molecular formula is C14H10BrFN2O6S. The molecule has 1 saturated heterocycles. The van der Waals surface area contributed by atoms with E-state index in [-0.39, 0.29) is 24.0 Å². The summed E-state index contributed by atoms with van der Waals surface area (Å²) in [7, 11) is -5.25. The molecular weight excluding hydrogens is 423 g/mol. The molecule has 3 rings (SSSR count). The molecule has 0 bridgehead atoms. The molecule has 1 fully saturated rings. The topological polar surface area (TPSA) is 112 Å². The molecule has 8 nitrogen and oxygen atoms in total. The highest BCUT2D eigenvalue weighted by Gasteiger charge is 2.29. The number of carbonyl (C=O) groups is 2. The van der Waals surface area contributed by atoms with Crippen LogP contribution in [-0.4, -0.2) is 24.8 Å². The Kier molecular flexibility index (Phi) is 4.37. The second kappa shape index (κ2) is 6.23. The van der Waals surface area contributed by atoms with Crippen molar-refractivity contribution in [2.24, 2.45) is 0 Å². The highest BCUT2D eigenvalue weighted by molar-refractivity contribution is 9.10. The van der Waals surface area contributed by atoms with Gasteiger partial charge in [-0.15, -0.1) is 0 Å². The zero-order valence-corrected chi connectivity index (χ0v) is 14.8. The summed E-state index contributed by atoms with van der Waals surface area (Å²) in [5, 5.41) is 2.61. The Morgan fingerprint density at radius 2 is 1.96 bits per heavy atom. The van der Waals surface area contributed by atoms with Gasteiger partial charge < -0.3 is 8.75 Å². The number of nitrogens with one attached hydrogen (secondary N) is 1. The fourth-order valence-corrected chi connectivity index (χ4v) is 3.55. The van der Waals surface area contributed by atoms with Crippen LogP contribution >= 0.6 is 15.9 Å². The fourth-order valence-electron chi connectivity index (χ4n) is 2.66. The minimum absolute atomic E-state index is 0.0280. The summed E-state index contributed by atoms with van der Waals surface area (Å²) < 4.78 is 39.7. The molecule has 132 valence electrons. The number of pyridine rings is 1. The number of rotatable bonds is 3. The van der Waals surface area contributed by atoms with Crippen LogP contribution in [0.2, 0.25) is 0 Å². The van der Waals surface area contributed by atoms with Gasteiger partial charge >= 0.3 is 10.5 Å². The van der Waals surface area contributed by atoms with E-state index >= 15 is 0 Å². The molecule has 0 saturated carbocycles. The summed E-state index contributed by atoms with van der Waals surface area (Å²) in [4.78, 5) is 35.9. The van der Waals surface area contributed by atoms with Crippen LogP contribution in [0.3, 0.4) is 0 Å². The standard InChI is InChI=1S/C14H10BrFN2O6S/c15-10-6-7(24-25(16,22)23)5-9-8(10)3-4-18(14(9)21)11-1-2-12(19)17-13(11)20/h3-6,11H,1-2H2,(H,17,19,20). The molecule has 2 aromatic rings. The van der Waals surface area contributed by atoms with Gasteiger partial charge in [0, 0.05) is 22.5 Å². The number of halogens is 2. The quantitative estimate of drug-likeness (QED) is 0.578. The third-order valence-corrected chi connectivity index (χ3v) is 4.76. The number of fused-ring (bicyclic) bond motifs is 1. The minimum Gasteiger partial charge on any atom is -0.358 e. The summed E-state index contributed by atoms with van der Waals surface area (Å²) >= 11 is 3.16. The van der Waals surface area contributed by atoms with Gasteiger partial charge in [-0.3, -0.25) is 19.7 Å². The van der Waals surface area contributed by atoms with E-state index in [0.29, 0.717) is 9.86 Å². The molecule has 2 heterocycles. The Hall–Kier alpha value is -2.27. The van der Waals surface area contributed by atoms with Gasteiger partial charge in [0.05, 0.1) is 5.39 Å². The number of carbonyl (C=O) groups excluding carboxylic acids is 2. The van der Waals surface area contributed by atoms with Gasteiger partial charge in [-0.1, -0.05) is 19.8 Å². The highest BCUT2D eigenvalue weighted by atomic mass is 79.9. The predicted molar refractivity (Wildman–Crippen MR) is 88.0 cm³/mol. The Labute approximate surface area is 149 Å². The van der Waals surface area contributed by atoms with E-state index in [1.165, 1.54) is 18.3 Å². The Morgan fingerprint density at radius 1 is 1.24 bits per heavy atom. The van der Waals surface area contributed by atoms with Crippen molar-refractivity contribution < 1.29 is 26.1 Å². The molecule has 1 atom stereocenters. The predicted octanol–water partition coefficient (Wildman–Crippen LogP) is 1.33. The van der Waals surface area contributed by atoms with E-state index in [9.17, 15) is 26.7 Å². The van der Waals surface area contributed by atoms with Crippen molar-refractivity contribution in [2.45, 2.75) is 18.9 Å². The average Bonchev–Trinajstić information content (AvgIpc) is 2.47. The lowest BCUT2D eigenvalue weighted by atomic mass is 10.0. The van der Waals surface area contributed by atoms with Gasteiger partial charge in [0.1, 0.15) is 11.8 Å². The second-order valence-electron chi connectivity index (χ2n) is 5.34. The molecule has 0 spiro atoms. The number of amides is 2. The molecule has 1 N–H and O–H groups in total.